The number of fused-ring (bicyclic) bond motifs is 10. The van der Waals surface area contributed by atoms with Crippen LogP contribution < -0.4 is 4.90 Å². The molecule has 0 atom stereocenters. The molecular weight excluding hydrogens is 735 g/mol. The van der Waals surface area contributed by atoms with Crippen molar-refractivity contribution in [3.05, 3.63) is 212 Å². The van der Waals surface area contributed by atoms with E-state index in [1.54, 1.807) is 0 Å². The van der Waals surface area contributed by atoms with E-state index in [0.29, 0.717) is 0 Å². The van der Waals surface area contributed by atoms with Gasteiger partial charge in [0.05, 0.1) is 0 Å². The standard InChI is InChI=1S/C56H35NOS/c1-2-9-36(10-3-1)37-21-27-43(28-22-37)57(44-29-23-38(24-30-44)42-20-19-41-18-17-39-11-4-5-12-46(39)51(41)35-42)45-31-25-40(26-32-45)47-14-8-15-48-49-33-34-53-54(56(49)58-55(47)48)50-13-6-7-16-52(50)59-53/h1-35H. The van der Waals surface area contributed by atoms with Crippen molar-refractivity contribution in [1.82, 2.24) is 0 Å². The van der Waals surface area contributed by atoms with Gasteiger partial charge in [-0.25, -0.2) is 0 Å². The van der Waals surface area contributed by atoms with Gasteiger partial charge in [0.15, 0.2) is 0 Å². The normalized spacial score (nSPS) is 11.7. The lowest BCUT2D eigenvalue weighted by Crippen LogP contribution is -2.09. The maximum absolute atomic E-state index is 6.87. The van der Waals surface area contributed by atoms with Gasteiger partial charge in [0.1, 0.15) is 11.2 Å². The Morgan fingerprint density at radius 1 is 0.322 bits per heavy atom. The molecule has 12 aromatic rings. The molecule has 10 aromatic carbocycles. The molecule has 0 fully saturated rings. The van der Waals surface area contributed by atoms with Gasteiger partial charge in [-0.05, 0) is 110 Å². The Morgan fingerprint density at radius 3 is 1.61 bits per heavy atom. The largest absolute Gasteiger partial charge is 0.455 e. The van der Waals surface area contributed by atoms with Crippen LogP contribution >= 0.6 is 11.3 Å². The van der Waals surface area contributed by atoms with E-state index in [4.69, 9.17) is 4.42 Å². The topological polar surface area (TPSA) is 16.4 Å². The predicted molar refractivity (Wildman–Crippen MR) is 253 cm³/mol. The quantitative estimate of drug-likeness (QED) is 0.157. The highest BCUT2D eigenvalue weighted by Gasteiger charge is 2.19. The van der Waals surface area contributed by atoms with Crippen LogP contribution in [0.4, 0.5) is 17.1 Å². The van der Waals surface area contributed by atoms with Crippen molar-refractivity contribution < 1.29 is 4.42 Å². The maximum Gasteiger partial charge on any atom is 0.144 e. The molecule has 0 aliphatic rings. The molecule has 2 aromatic heterocycles. The summed E-state index contributed by atoms with van der Waals surface area (Å²) in [4.78, 5) is 2.34. The number of hydrogen-bond donors (Lipinski definition) is 0. The smallest absolute Gasteiger partial charge is 0.144 e. The van der Waals surface area contributed by atoms with E-state index in [2.05, 4.69) is 217 Å². The first-order chi connectivity index (χ1) is 29.2. The molecule has 2 nitrogen and oxygen atoms in total. The van der Waals surface area contributed by atoms with Crippen LogP contribution in [-0.2, 0) is 0 Å². The second-order valence-corrected chi connectivity index (χ2v) is 16.3. The molecule has 0 unspecified atom stereocenters. The second-order valence-electron chi connectivity index (χ2n) is 15.3. The van der Waals surface area contributed by atoms with Crippen LogP contribution in [-0.4, -0.2) is 0 Å². The minimum absolute atomic E-state index is 0.920. The molecule has 0 spiro atoms. The van der Waals surface area contributed by atoms with Crippen LogP contribution in [0, 0.1) is 0 Å². The highest BCUT2D eigenvalue weighted by molar-refractivity contribution is 7.26. The summed E-state index contributed by atoms with van der Waals surface area (Å²) in [7, 11) is 0. The third-order valence-corrected chi connectivity index (χ3v) is 13.0. The summed E-state index contributed by atoms with van der Waals surface area (Å²) in [6, 6.07) is 76.8. The van der Waals surface area contributed by atoms with Crippen LogP contribution in [0.1, 0.15) is 0 Å². The van der Waals surface area contributed by atoms with Crippen LogP contribution in [0.5, 0.6) is 0 Å². The van der Waals surface area contributed by atoms with Crippen molar-refractivity contribution in [1.29, 1.82) is 0 Å². The van der Waals surface area contributed by atoms with Crippen molar-refractivity contribution in [2.24, 2.45) is 0 Å². The summed E-state index contributed by atoms with van der Waals surface area (Å²) in [5, 5.41) is 9.81. The number of para-hydroxylation sites is 1. The third-order valence-electron chi connectivity index (χ3n) is 11.9. The fourth-order valence-corrected chi connectivity index (χ4v) is 10.1. The number of thiophene rings is 1. The van der Waals surface area contributed by atoms with E-state index < -0.39 is 0 Å². The lowest BCUT2D eigenvalue weighted by Gasteiger charge is -2.26. The molecule has 0 radical (unpaired) electrons. The molecule has 12 rings (SSSR count). The van der Waals surface area contributed by atoms with Crippen molar-refractivity contribution >= 4 is 92.1 Å². The Balaban J connectivity index is 0.944. The molecule has 0 N–H and O–H groups in total. The number of nitrogens with zero attached hydrogens (tertiary/aromatic N) is 1. The lowest BCUT2D eigenvalue weighted by atomic mass is 9.97. The Hall–Kier alpha value is -7.46. The van der Waals surface area contributed by atoms with E-state index in [9.17, 15) is 0 Å². The second kappa shape index (κ2) is 13.6. The zero-order chi connectivity index (χ0) is 38.9. The highest BCUT2D eigenvalue weighted by Crippen LogP contribution is 2.44. The van der Waals surface area contributed by atoms with E-state index >= 15 is 0 Å². The first-order valence-corrected chi connectivity index (χ1v) is 20.9. The molecule has 276 valence electrons. The monoisotopic (exact) mass is 769 g/mol. The first-order valence-electron chi connectivity index (χ1n) is 20.1. The number of benzene rings is 10. The van der Waals surface area contributed by atoms with Crippen molar-refractivity contribution in [2.75, 3.05) is 4.90 Å². The van der Waals surface area contributed by atoms with Crippen molar-refractivity contribution in [2.45, 2.75) is 0 Å². The molecule has 3 heteroatoms. The first kappa shape index (κ1) is 33.7. The van der Waals surface area contributed by atoms with Gasteiger partial charge in [0.2, 0.25) is 0 Å². The summed E-state index contributed by atoms with van der Waals surface area (Å²) in [6.07, 6.45) is 0. The van der Waals surface area contributed by atoms with Gasteiger partial charge in [-0.15, -0.1) is 11.3 Å². The zero-order valence-electron chi connectivity index (χ0n) is 32.0. The fraction of sp³-hybridized carbons (Fsp3) is 0. The van der Waals surface area contributed by atoms with Crippen molar-refractivity contribution in [3.63, 3.8) is 0 Å². The van der Waals surface area contributed by atoms with Gasteiger partial charge in [-0.2, -0.15) is 0 Å². The number of anilines is 3. The van der Waals surface area contributed by atoms with E-state index in [1.165, 1.54) is 64.0 Å². The molecule has 2 heterocycles. The maximum atomic E-state index is 6.87. The van der Waals surface area contributed by atoms with E-state index in [0.717, 1.165) is 50.1 Å². The van der Waals surface area contributed by atoms with Crippen molar-refractivity contribution in [3.8, 4) is 33.4 Å². The Labute approximate surface area is 345 Å². The third kappa shape index (κ3) is 5.62. The van der Waals surface area contributed by atoms with Gasteiger partial charge < -0.3 is 9.32 Å². The summed E-state index contributed by atoms with van der Waals surface area (Å²) < 4.78 is 9.40. The average molecular weight is 770 g/mol. The van der Waals surface area contributed by atoms with Crippen LogP contribution in [0.2, 0.25) is 0 Å². The van der Waals surface area contributed by atoms with Gasteiger partial charge >= 0.3 is 0 Å². The van der Waals surface area contributed by atoms with Crippen LogP contribution in [0.3, 0.4) is 0 Å². The molecule has 0 aliphatic heterocycles. The predicted octanol–water partition coefficient (Wildman–Crippen LogP) is 16.7. The van der Waals surface area contributed by atoms with Crippen LogP contribution in [0.15, 0.2) is 217 Å². The SMILES string of the molecule is c1ccc(-c2ccc(N(c3ccc(-c4ccc5ccc6ccccc6c5c4)cc3)c3ccc(-c4cccc5c4oc4c5ccc5sc6ccccc6c54)cc3)cc2)cc1. The van der Waals surface area contributed by atoms with Gasteiger partial charge in [0, 0.05) is 53.6 Å². The Kier molecular flexibility index (Phi) is 7.75. The summed E-state index contributed by atoms with van der Waals surface area (Å²) in [6.45, 7) is 0. The lowest BCUT2D eigenvalue weighted by molar-refractivity contribution is 0.674. The number of rotatable bonds is 6. The van der Waals surface area contributed by atoms with Gasteiger partial charge in [0.25, 0.3) is 0 Å². The number of furan rings is 1. The minimum Gasteiger partial charge on any atom is -0.455 e. The zero-order valence-corrected chi connectivity index (χ0v) is 32.8. The summed E-state index contributed by atoms with van der Waals surface area (Å²) in [5.41, 5.74) is 12.1. The Morgan fingerprint density at radius 2 is 0.864 bits per heavy atom. The molecular formula is C56H35NOS. The fourth-order valence-electron chi connectivity index (χ4n) is 8.95. The van der Waals surface area contributed by atoms with E-state index in [1.807, 2.05) is 11.3 Å². The summed E-state index contributed by atoms with van der Waals surface area (Å²) in [5.74, 6) is 0. The Bertz CT molecular complexity index is 3530. The van der Waals surface area contributed by atoms with E-state index in [-0.39, 0.29) is 0 Å². The molecule has 0 aliphatic carbocycles. The minimum atomic E-state index is 0.920. The van der Waals surface area contributed by atoms with Crippen LogP contribution in [0.25, 0.3) is 97.0 Å². The van der Waals surface area contributed by atoms with Gasteiger partial charge in [-0.1, -0.05) is 152 Å². The average Bonchev–Trinajstić information content (AvgIpc) is 3.89. The summed E-state index contributed by atoms with van der Waals surface area (Å²) >= 11 is 1.82. The highest BCUT2D eigenvalue weighted by atomic mass is 32.1. The molecule has 59 heavy (non-hydrogen) atoms. The molecule has 0 amide bonds. The molecule has 0 saturated heterocycles. The van der Waals surface area contributed by atoms with Gasteiger partial charge in [-0.3, -0.25) is 0 Å². The molecule has 0 bridgehead atoms. The number of hydrogen-bond acceptors (Lipinski definition) is 3. The molecule has 0 saturated carbocycles.